The summed E-state index contributed by atoms with van der Waals surface area (Å²) in [6.45, 7) is 0. The van der Waals surface area contributed by atoms with Crippen LogP contribution in [-0.4, -0.2) is 20.1 Å². The van der Waals surface area contributed by atoms with Crippen molar-refractivity contribution in [1.82, 2.24) is 0 Å². The minimum atomic E-state index is -3.31. The van der Waals surface area contributed by atoms with Crippen LogP contribution in [0, 0.1) is 0 Å². The lowest BCUT2D eigenvalue weighted by Crippen LogP contribution is -2.19. The number of sulfone groups is 1. The van der Waals surface area contributed by atoms with E-state index in [1.54, 1.807) is 0 Å². The summed E-state index contributed by atoms with van der Waals surface area (Å²) in [6.07, 6.45) is 0. The number of rotatable bonds is 5. The fraction of sp³-hybridized carbons (Fsp3) is 0.200. The van der Waals surface area contributed by atoms with E-state index >= 15 is 0 Å². The molecule has 0 N–H and O–H groups in total. The zero-order chi connectivity index (χ0) is 13.7. The highest BCUT2D eigenvalue weighted by molar-refractivity contribution is 7.91. The lowest BCUT2D eigenvalue weighted by Gasteiger charge is -2.18. The largest absolute Gasteiger partial charge is 0.228 e. The van der Waals surface area contributed by atoms with Crippen molar-refractivity contribution in [3.8, 4) is 0 Å². The first-order valence-corrected chi connectivity index (χ1v) is 8.27. The molecule has 0 atom stereocenters. The Morgan fingerprint density at radius 2 is 1.26 bits per heavy atom. The molecule has 4 heteroatoms. The Bertz CT molecular complexity index is 570. The van der Waals surface area contributed by atoms with E-state index in [0.717, 1.165) is 11.1 Å². The third kappa shape index (κ3) is 3.37. The summed E-state index contributed by atoms with van der Waals surface area (Å²) in [5.74, 6) is 0.0848. The topological polar surface area (TPSA) is 34.1 Å². The minimum Gasteiger partial charge on any atom is -0.228 e. The summed E-state index contributed by atoms with van der Waals surface area (Å²) in [5, 5.41) is -0.645. The predicted molar refractivity (Wildman–Crippen MR) is 79.2 cm³/mol. The molecular weight excluding hydrogens is 280 g/mol. The number of hydrogen-bond donors (Lipinski definition) is 0. The Labute approximate surface area is 119 Å². The van der Waals surface area contributed by atoms with Crippen LogP contribution in [-0.2, 0) is 9.84 Å². The molecule has 0 aromatic heterocycles. The molecule has 2 aromatic carbocycles. The van der Waals surface area contributed by atoms with Crippen LogP contribution < -0.4 is 0 Å². The molecule has 0 aliphatic carbocycles. The van der Waals surface area contributed by atoms with Crippen LogP contribution in [0.1, 0.15) is 16.4 Å². The van der Waals surface area contributed by atoms with Crippen molar-refractivity contribution in [2.45, 2.75) is 5.25 Å². The van der Waals surface area contributed by atoms with Gasteiger partial charge in [0.25, 0.3) is 0 Å². The van der Waals surface area contributed by atoms with Crippen molar-refractivity contribution in [3.05, 3.63) is 71.8 Å². The van der Waals surface area contributed by atoms with E-state index in [4.69, 9.17) is 11.6 Å². The summed E-state index contributed by atoms with van der Waals surface area (Å²) in [5.41, 5.74) is 1.55. The van der Waals surface area contributed by atoms with Gasteiger partial charge in [-0.05, 0) is 11.1 Å². The number of alkyl halides is 1. The first kappa shape index (κ1) is 14.1. The Hall–Kier alpha value is -1.32. The molecule has 0 saturated carbocycles. The van der Waals surface area contributed by atoms with Crippen molar-refractivity contribution in [2.24, 2.45) is 0 Å². The van der Waals surface area contributed by atoms with Gasteiger partial charge in [-0.3, -0.25) is 0 Å². The molecular formula is C15H15ClO2S. The van der Waals surface area contributed by atoms with Crippen LogP contribution in [0.2, 0.25) is 0 Å². The van der Waals surface area contributed by atoms with E-state index in [1.165, 1.54) is 0 Å². The molecule has 0 radical (unpaired) electrons. The maximum atomic E-state index is 12.4. The van der Waals surface area contributed by atoms with Gasteiger partial charge in [-0.25, -0.2) is 8.42 Å². The lowest BCUT2D eigenvalue weighted by molar-refractivity contribution is 0.590. The summed E-state index contributed by atoms with van der Waals surface area (Å²) < 4.78 is 24.9. The first-order valence-electron chi connectivity index (χ1n) is 6.02. The van der Waals surface area contributed by atoms with Crippen LogP contribution in [0.5, 0.6) is 0 Å². The molecule has 0 spiro atoms. The van der Waals surface area contributed by atoms with Crippen molar-refractivity contribution < 1.29 is 8.42 Å². The van der Waals surface area contributed by atoms with E-state index in [-0.39, 0.29) is 11.6 Å². The molecule has 0 aliphatic rings. The van der Waals surface area contributed by atoms with Gasteiger partial charge in [0.2, 0.25) is 0 Å². The van der Waals surface area contributed by atoms with Gasteiger partial charge >= 0.3 is 0 Å². The molecule has 0 heterocycles. The number of benzene rings is 2. The zero-order valence-electron chi connectivity index (χ0n) is 10.4. The lowest BCUT2D eigenvalue weighted by atomic mass is 10.0. The van der Waals surface area contributed by atoms with Gasteiger partial charge in [-0.2, -0.15) is 0 Å². The minimum absolute atomic E-state index is 0.0248. The Kier molecular flexibility index (Phi) is 4.61. The van der Waals surface area contributed by atoms with E-state index in [2.05, 4.69) is 0 Å². The molecule has 2 nitrogen and oxygen atoms in total. The highest BCUT2D eigenvalue weighted by Crippen LogP contribution is 2.30. The van der Waals surface area contributed by atoms with Crippen molar-refractivity contribution in [2.75, 3.05) is 11.6 Å². The van der Waals surface area contributed by atoms with E-state index in [0.29, 0.717) is 0 Å². The Balaban J connectivity index is 2.52. The smallest absolute Gasteiger partial charge is 0.162 e. The quantitative estimate of drug-likeness (QED) is 0.792. The second-order valence-electron chi connectivity index (χ2n) is 4.26. The third-order valence-electron chi connectivity index (χ3n) is 2.93. The van der Waals surface area contributed by atoms with E-state index in [9.17, 15) is 8.42 Å². The summed E-state index contributed by atoms with van der Waals surface area (Å²) in [6, 6.07) is 18.5. The molecule has 0 unspecified atom stereocenters. The van der Waals surface area contributed by atoms with Gasteiger partial charge in [0.15, 0.2) is 9.84 Å². The van der Waals surface area contributed by atoms with Gasteiger partial charge in [0, 0.05) is 5.88 Å². The molecule has 2 aromatic rings. The maximum Gasteiger partial charge on any atom is 0.162 e. The van der Waals surface area contributed by atoms with Crippen LogP contribution in [0.15, 0.2) is 60.7 Å². The SMILES string of the molecule is O=S(=O)(CCCl)C(c1ccccc1)c1ccccc1. The van der Waals surface area contributed by atoms with Gasteiger partial charge in [-0.15, -0.1) is 11.6 Å². The second-order valence-corrected chi connectivity index (χ2v) is 6.84. The summed E-state index contributed by atoms with van der Waals surface area (Å²) >= 11 is 5.63. The van der Waals surface area contributed by atoms with Crippen molar-refractivity contribution in [3.63, 3.8) is 0 Å². The highest BCUT2D eigenvalue weighted by atomic mass is 35.5. The normalized spacial score (nSPS) is 11.7. The number of halogens is 1. The molecule has 0 saturated heterocycles. The monoisotopic (exact) mass is 294 g/mol. The first-order chi connectivity index (χ1) is 9.15. The van der Waals surface area contributed by atoms with Crippen LogP contribution in [0.25, 0.3) is 0 Å². The predicted octanol–water partition coefficient (Wildman–Crippen LogP) is 3.43. The summed E-state index contributed by atoms with van der Waals surface area (Å²) in [7, 11) is -3.31. The molecule has 0 bridgehead atoms. The summed E-state index contributed by atoms with van der Waals surface area (Å²) in [4.78, 5) is 0. The zero-order valence-corrected chi connectivity index (χ0v) is 11.9. The molecule has 19 heavy (non-hydrogen) atoms. The van der Waals surface area contributed by atoms with Gasteiger partial charge < -0.3 is 0 Å². The standard InChI is InChI=1S/C15H15ClO2S/c16-11-12-19(17,18)15(13-7-3-1-4-8-13)14-9-5-2-6-10-14/h1-10,15H,11-12H2. The fourth-order valence-electron chi connectivity index (χ4n) is 2.09. The Morgan fingerprint density at radius 3 is 1.63 bits per heavy atom. The van der Waals surface area contributed by atoms with Crippen LogP contribution in [0.3, 0.4) is 0 Å². The average molecular weight is 295 g/mol. The molecule has 0 aliphatic heterocycles. The molecule has 2 rings (SSSR count). The Morgan fingerprint density at radius 1 is 0.842 bits per heavy atom. The molecule has 0 fully saturated rings. The van der Waals surface area contributed by atoms with Crippen molar-refractivity contribution in [1.29, 1.82) is 0 Å². The van der Waals surface area contributed by atoms with Crippen LogP contribution >= 0.6 is 11.6 Å². The number of hydrogen-bond acceptors (Lipinski definition) is 2. The maximum absolute atomic E-state index is 12.4. The second kappa shape index (κ2) is 6.22. The van der Waals surface area contributed by atoms with Crippen LogP contribution in [0.4, 0.5) is 0 Å². The highest BCUT2D eigenvalue weighted by Gasteiger charge is 2.28. The third-order valence-corrected chi connectivity index (χ3v) is 5.37. The van der Waals surface area contributed by atoms with E-state index in [1.807, 2.05) is 60.7 Å². The van der Waals surface area contributed by atoms with Gasteiger partial charge in [0.05, 0.1) is 5.75 Å². The fourth-order valence-corrected chi connectivity index (χ4v) is 4.33. The van der Waals surface area contributed by atoms with E-state index < -0.39 is 15.1 Å². The molecule has 100 valence electrons. The van der Waals surface area contributed by atoms with Gasteiger partial charge in [0.1, 0.15) is 5.25 Å². The average Bonchev–Trinajstić information content (AvgIpc) is 2.41. The van der Waals surface area contributed by atoms with Crippen molar-refractivity contribution >= 4 is 21.4 Å². The molecule has 0 amide bonds. The van der Waals surface area contributed by atoms with Gasteiger partial charge in [-0.1, -0.05) is 60.7 Å².